The SMILES string of the molecule is Cc1c(Cl)cccc1NC(=O)CN1CCSc2ccccc21. The molecule has 0 aromatic heterocycles. The molecule has 0 fully saturated rings. The second-order valence-electron chi connectivity index (χ2n) is 5.20. The number of hydrogen-bond acceptors (Lipinski definition) is 3. The van der Waals surface area contributed by atoms with Crippen LogP contribution in [0.15, 0.2) is 47.4 Å². The lowest BCUT2D eigenvalue weighted by atomic mass is 10.2. The van der Waals surface area contributed by atoms with Crippen molar-refractivity contribution in [3.05, 3.63) is 53.1 Å². The number of nitrogens with one attached hydrogen (secondary N) is 1. The summed E-state index contributed by atoms with van der Waals surface area (Å²) >= 11 is 7.93. The van der Waals surface area contributed by atoms with Gasteiger partial charge in [-0.3, -0.25) is 4.79 Å². The van der Waals surface area contributed by atoms with Crippen LogP contribution >= 0.6 is 23.4 Å². The van der Waals surface area contributed by atoms with Crippen LogP contribution in [0.25, 0.3) is 0 Å². The van der Waals surface area contributed by atoms with Gasteiger partial charge in [0, 0.05) is 27.9 Å². The summed E-state index contributed by atoms with van der Waals surface area (Å²) in [5, 5.41) is 3.62. The molecule has 114 valence electrons. The number of rotatable bonds is 3. The maximum absolute atomic E-state index is 12.4. The van der Waals surface area contributed by atoms with E-state index in [9.17, 15) is 4.79 Å². The summed E-state index contributed by atoms with van der Waals surface area (Å²) in [5.74, 6) is 0.979. The highest BCUT2D eigenvalue weighted by Gasteiger charge is 2.19. The number of fused-ring (bicyclic) bond motifs is 1. The summed E-state index contributed by atoms with van der Waals surface area (Å²) < 4.78 is 0. The Bertz CT molecular complexity index is 705. The average molecular weight is 333 g/mol. The fourth-order valence-corrected chi connectivity index (χ4v) is 3.72. The summed E-state index contributed by atoms with van der Waals surface area (Å²) in [5.41, 5.74) is 2.81. The van der Waals surface area contributed by atoms with E-state index < -0.39 is 0 Å². The van der Waals surface area contributed by atoms with Crippen molar-refractivity contribution in [1.82, 2.24) is 0 Å². The van der Waals surface area contributed by atoms with E-state index in [0.29, 0.717) is 11.6 Å². The van der Waals surface area contributed by atoms with E-state index in [1.165, 1.54) is 4.90 Å². The minimum Gasteiger partial charge on any atom is -0.360 e. The molecular formula is C17H17ClN2OS. The van der Waals surface area contributed by atoms with Crippen LogP contribution in [0.1, 0.15) is 5.56 Å². The molecule has 0 spiro atoms. The molecule has 1 N–H and O–H groups in total. The topological polar surface area (TPSA) is 32.3 Å². The first kappa shape index (κ1) is 15.3. The lowest BCUT2D eigenvalue weighted by Gasteiger charge is -2.30. The predicted octanol–water partition coefficient (Wildman–Crippen LogP) is 4.20. The number of anilines is 2. The van der Waals surface area contributed by atoms with Crippen LogP contribution in [0.4, 0.5) is 11.4 Å². The normalized spacial score (nSPS) is 13.6. The van der Waals surface area contributed by atoms with Crippen LogP contribution in [0.2, 0.25) is 5.02 Å². The summed E-state index contributed by atoms with van der Waals surface area (Å²) in [4.78, 5) is 15.7. The van der Waals surface area contributed by atoms with Gasteiger partial charge in [-0.1, -0.05) is 29.8 Å². The molecule has 0 unspecified atom stereocenters. The zero-order chi connectivity index (χ0) is 15.5. The minimum atomic E-state index is -0.0212. The number of amides is 1. The Balaban J connectivity index is 1.72. The van der Waals surface area contributed by atoms with E-state index >= 15 is 0 Å². The van der Waals surface area contributed by atoms with Crippen LogP contribution in [0.5, 0.6) is 0 Å². The Labute approximate surface area is 139 Å². The van der Waals surface area contributed by atoms with Gasteiger partial charge in [0.05, 0.1) is 12.2 Å². The highest BCUT2D eigenvalue weighted by Crippen LogP contribution is 2.34. The Morgan fingerprint density at radius 1 is 1.27 bits per heavy atom. The van der Waals surface area contributed by atoms with Crippen molar-refractivity contribution < 1.29 is 4.79 Å². The van der Waals surface area contributed by atoms with E-state index in [1.54, 1.807) is 0 Å². The van der Waals surface area contributed by atoms with E-state index in [4.69, 9.17) is 11.6 Å². The molecule has 5 heteroatoms. The third-order valence-corrected chi connectivity index (χ3v) is 5.15. The second kappa shape index (κ2) is 6.63. The Morgan fingerprint density at radius 3 is 2.95 bits per heavy atom. The first-order chi connectivity index (χ1) is 10.6. The van der Waals surface area contributed by atoms with E-state index in [1.807, 2.05) is 49.0 Å². The summed E-state index contributed by atoms with van der Waals surface area (Å²) in [7, 11) is 0. The first-order valence-electron chi connectivity index (χ1n) is 7.17. The number of benzene rings is 2. The number of nitrogens with zero attached hydrogens (tertiary/aromatic N) is 1. The highest BCUT2D eigenvalue weighted by molar-refractivity contribution is 7.99. The molecule has 1 aliphatic rings. The van der Waals surface area contributed by atoms with Crippen LogP contribution in [-0.2, 0) is 4.79 Å². The molecule has 1 aliphatic heterocycles. The second-order valence-corrected chi connectivity index (χ2v) is 6.74. The minimum absolute atomic E-state index is 0.0212. The van der Waals surface area contributed by atoms with Gasteiger partial charge >= 0.3 is 0 Å². The number of hydrogen-bond donors (Lipinski definition) is 1. The van der Waals surface area contributed by atoms with Crippen LogP contribution in [0, 0.1) is 6.92 Å². The van der Waals surface area contributed by atoms with Gasteiger partial charge in [-0.15, -0.1) is 11.8 Å². The van der Waals surface area contributed by atoms with Crippen molar-refractivity contribution in [2.45, 2.75) is 11.8 Å². The number of halogens is 1. The number of carbonyl (C=O) groups is 1. The van der Waals surface area contributed by atoms with Gasteiger partial charge in [0.25, 0.3) is 0 Å². The molecule has 2 aromatic rings. The fourth-order valence-electron chi connectivity index (χ4n) is 2.50. The molecule has 3 rings (SSSR count). The fraction of sp³-hybridized carbons (Fsp3) is 0.235. The molecule has 0 aliphatic carbocycles. The van der Waals surface area contributed by atoms with E-state index in [-0.39, 0.29) is 5.91 Å². The summed E-state index contributed by atoms with van der Waals surface area (Å²) in [6.07, 6.45) is 0. The Kier molecular flexibility index (Phi) is 4.60. The predicted molar refractivity (Wildman–Crippen MR) is 94.2 cm³/mol. The van der Waals surface area contributed by atoms with Crippen LogP contribution < -0.4 is 10.2 Å². The largest absolute Gasteiger partial charge is 0.360 e. The van der Waals surface area contributed by atoms with E-state index in [2.05, 4.69) is 22.3 Å². The quantitative estimate of drug-likeness (QED) is 0.914. The van der Waals surface area contributed by atoms with Crippen molar-refractivity contribution in [2.75, 3.05) is 29.1 Å². The van der Waals surface area contributed by atoms with Crippen LogP contribution in [-0.4, -0.2) is 24.7 Å². The van der Waals surface area contributed by atoms with Crippen molar-refractivity contribution in [1.29, 1.82) is 0 Å². The molecule has 0 radical (unpaired) electrons. The molecule has 3 nitrogen and oxygen atoms in total. The van der Waals surface area contributed by atoms with E-state index in [0.717, 1.165) is 29.2 Å². The maximum Gasteiger partial charge on any atom is 0.243 e. The zero-order valence-corrected chi connectivity index (χ0v) is 13.9. The van der Waals surface area contributed by atoms with Crippen LogP contribution in [0.3, 0.4) is 0 Å². The lowest BCUT2D eigenvalue weighted by molar-refractivity contribution is -0.115. The number of carbonyl (C=O) groups excluding carboxylic acids is 1. The van der Waals surface area contributed by atoms with Crippen molar-refractivity contribution >= 4 is 40.6 Å². The standard InChI is InChI=1S/C17H17ClN2OS/c1-12-13(18)5-4-6-14(12)19-17(21)11-20-9-10-22-16-8-3-2-7-15(16)20/h2-8H,9-11H2,1H3,(H,19,21). The van der Waals surface area contributed by atoms with Gasteiger partial charge in [0.15, 0.2) is 0 Å². The van der Waals surface area contributed by atoms with Gasteiger partial charge in [-0.2, -0.15) is 0 Å². The van der Waals surface area contributed by atoms with Gasteiger partial charge in [0.2, 0.25) is 5.91 Å². The van der Waals surface area contributed by atoms with Crippen molar-refractivity contribution in [2.24, 2.45) is 0 Å². The molecule has 1 amide bonds. The smallest absolute Gasteiger partial charge is 0.243 e. The molecule has 0 saturated carbocycles. The summed E-state index contributed by atoms with van der Waals surface area (Å²) in [6, 6.07) is 13.8. The highest BCUT2D eigenvalue weighted by atomic mass is 35.5. The summed E-state index contributed by atoms with van der Waals surface area (Å²) in [6.45, 7) is 3.14. The first-order valence-corrected chi connectivity index (χ1v) is 8.53. The van der Waals surface area contributed by atoms with Gasteiger partial charge in [-0.05, 0) is 36.8 Å². The lowest BCUT2D eigenvalue weighted by Crippen LogP contribution is -2.36. The molecule has 1 heterocycles. The molecule has 0 atom stereocenters. The van der Waals surface area contributed by atoms with Gasteiger partial charge < -0.3 is 10.2 Å². The molecule has 2 aromatic carbocycles. The average Bonchev–Trinajstić information content (AvgIpc) is 2.52. The number of para-hydroxylation sites is 1. The zero-order valence-electron chi connectivity index (χ0n) is 12.3. The van der Waals surface area contributed by atoms with Gasteiger partial charge in [-0.25, -0.2) is 0 Å². The third-order valence-electron chi connectivity index (χ3n) is 3.70. The Hall–Kier alpha value is -1.65. The van der Waals surface area contributed by atoms with Crippen molar-refractivity contribution in [3.63, 3.8) is 0 Å². The number of thioether (sulfide) groups is 1. The molecule has 22 heavy (non-hydrogen) atoms. The Morgan fingerprint density at radius 2 is 2.09 bits per heavy atom. The monoisotopic (exact) mass is 332 g/mol. The van der Waals surface area contributed by atoms with Gasteiger partial charge in [0.1, 0.15) is 0 Å². The molecule has 0 saturated heterocycles. The third kappa shape index (κ3) is 3.23. The maximum atomic E-state index is 12.4. The molecule has 0 bridgehead atoms. The van der Waals surface area contributed by atoms with Crippen molar-refractivity contribution in [3.8, 4) is 0 Å². The molecular weight excluding hydrogens is 316 g/mol.